The summed E-state index contributed by atoms with van der Waals surface area (Å²) in [5.41, 5.74) is 0. The summed E-state index contributed by atoms with van der Waals surface area (Å²) in [6.45, 7) is 3.79. The van der Waals surface area contributed by atoms with Crippen LogP contribution in [0.15, 0.2) is 48.6 Å². The van der Waals surface area contributed by atoms with Gasteiger partial charge in [-0.2, -0.15) is 0 Å². The molecule has 428 valence electrons. The molecule has 0 aromatic carbocycles. The highest BCUT2D eigenvalue weighted by Crippen LogP contribution is 2.23. The Morgan fingerprint density at radius 2 is 0.808 bits per heavy atom. The Kier molecular flexibility index (Phi) is 50.7. The van der Waals surface area contributed by atoms with Gasteiger partial charge in [0.2, 0.25) is 5.91 Å². The van der Waals surface area contributed by atoms with Crippen LogP contribution in [0.1, 0.15) is 296 Å². The lowest BCUT2D eigenvalue weighted by molar-refractivity contribution is -0.302. The van der Waals surface area contributed by atoms with Crippen molar-refractivity contribution in [1.82, 2.24) is 5.32 Å². The molecule has 6 N–H and O–H groups in total. The summed E-state index contributed by atoms with van der Waals surface area (Å²) in [4.78, 5) is 13.1. The number of aliphatic hydroxyl groups is 5. The second-order valence-electron chi connectivity index (χ2n) is 21.9. The average Bonchev–Trinajstić information content (AvgIpc) is 3.39. The highest BCUT2D eigenvalue weighted by Gasteiger charge is 2.44. The predicted molar refractivity (Wildman–Crippen MR) is 309 cm³/mol. The summed E-state index contributed by atoms with van der Waals surface area (Å²) in [5.74, 6) is -0.187. The van der Waals surface area contributed by atoms with E-state index < -0.39 is 49.5 Å². The van der Waals surface area contributed by atoms with Gasteiger partial charge in [0, 0.05) is 6.42 Å². The summed E-state index contributed by atoms with van der Waals surface area (Å²) in [6, 6.07) is -0.815. The molecule has 0 saturated carbocycles. The topological polar surface area (TPSA) is 149 Å². The van der Waals surface area contributed by atoms with Crippen LogP contribution in [0, 0.1) is 0 Å². The van der Waals surface area contributed by atoms with Crippen LogP contribution in [0.2, 0.25) is 0 Å². The number of allylic oxidation sites excluding steroid dienone is 7. The molecule has 0 aromatic rings. The molecule has 1 aliphatic rings. The van der Waals surface area contributed by atoms with E-state index in [2.05, 4.69) is 55.6 Å². The van der Waals surface area contributed by atoms with Crippen LogP contribution >= 0.6 is 0 Å². The fourth-order valence-corrected chi connectivity index (χ4v) is 9.93. The van der Waals surface area contributed by atoms with Crippen molar-refractivity contribution in [3.63, 3.8) is 0 Å². The molecule has 7 atom stereocenters. The molecule has 73 heavy (non-hydrogen) atoms. The Bertz CT molecular complexity index is 1290. The van der Waals surface area contributed by atoms with Gasteiger partial charge in [-0.25, -0.2) is 0 Å². The van der Waals surface area contributed by atoms with Gasteiger partial charge in [0.05, 0.1) is 25.4 Å². The van der Waals surface area contributed by atoms with Crippen molar-refractivity contribution in [3.8, 4) is 0 Å². The standard InChI is InChI=1S/C64H119NO8/c1-3-5-7-9-11-13-15-17-19-21-23-25-26-27-28-29-30-31-32-34-35-37-39-41-43-45-47-49-51-53-58(67)57(56-72-64-63(71)62(70)61(69)59(55-66)73-64)65-60(68)54-52-50-48-46-44-42-40-38-36-33-24-22-20-18-16-14-12-10-8-6-4-2/h16,18,22,24,36,38,51,53,57-59,61-64,66-67,69-71H,3-15,17,19-21,23,25-35,37,39-50,52,54-56H2,1-2H3,(H,65,68)/b18-16-,24-22-,38-36-,53-51+. The van der Waals surface area contributed by atoms with Crippen molar-refractivity contribution in [2.45, 2.75) is 339 Å². The van der Waals surface area contributed by atoms with Crippen LogP contribution in [-0.4, -0.2) is 87.5 Å². The number of nitrogens with one attached hydrogen (secondary N) is 1. The minimum atomic E-state index is -1.57. The smallest absolute Gasteiger partial charge is 0.220 e. The van der Waals surface area contributed by atoms with E-state index in [0.29, 0.717) is 6.42 Å². The molecule has 0 radical (unpaired) electrons. The summed E-state index contributed by atoms with van der Waals surface area (Å²) in [6.07, 6.45) is 64.7. The van der Waals surface area contributed by atoms with Crippen molar-refractivity contribution in [2.24, 2.45) is 0 Å². The van der Waals surface area contributed by atoms with Crippen LogP contribution < -0.4 is 5.32 Å². The van der Waals surface area contributed by atoms with Crippen molar-refractivity contribution < 1.29 is 39.8 Å². The fourth-order valence-electron chi connectivity index (χ4n) is 9.93. The second-order valence-corrected chi connectivity index (χ2v) is 21.9. The predicted octanol–water partition coefficient (Wildman–Crippen LogP) is 16.1. The molecule has 0 spiro atoms. The number of hydrogen-bond acceptors (Lipinski definition) is 8. The molecular weight excluding hydrogens is 911 g/mol. The number of amides is 1. The maximum Gasteiger partial charge on any atom is 0.220 e. The van der Waals surface area contributed by atoms with E-state index in [1.54, 1.807) is 6.08 Å². The Labute approximate surface area is 450 Å². The summed E-state index contributed by atoms with van der Waals surface area (Å²) in [7, 11) is 0. The van der Waals surface area contributed by atoms with E-state index in [-0.39, 0.29) is 12.5 Å². The molecular formula is C64H119NO8. The quantitative estimate of drug-likeness (QED) is 0.0261. The lowest BCUT2D eigenvalue weighted by atomic mass is 9.99. The van der Waals surface area contributed by atoms with Gasteiger partial charge in [-0.3, -0.25) is 4.79 Å². The molecule has 0 aliphatic carbocycles. The zero-order chi connectivity index (χ0) is 52.9. The van der Waals surface area contributed by atoms with Crippen molar-refractivity contribution in [1.29, 1.82) is 0 Å². The van der Waals surface area contributed by atoms with Gasteiger partial charge >= 0.3 is 0 Å². The molecule has 1 saturated heterocycles. The Hall–Kier alpha value is -1.85. The highest BCUT2D eigenvalue weighted by molar-refractivity contribution is 5.76. The lowest BCUT2D eigenvalue weighted by Crippen LogP contribution is -2.60. The van der Waals surface area contributed by atoms with Gasteiger partial charge in [0.25, 0.3) is 0 Å². The number of aliphatic hydroxyl groups excluding tert-OH is 5. The van der Waals surface area contributed by atoms with E-state index in [9.17, 15) is 30.3 Å². The number of ether oxygens (including phenoxy) is 2. The number of carbonyl (C=O) groups is 1. The van der Waals surface area contributed by atoms with E-state index in [0.717, 1.165) is 64.2 Å². The van der Waals surface area contributed by atoms with Gasteiger partial charge in [-0.05, 0) is 57.8 Å². The normalized spacial score (nSPS) is 19.4. The molecule has 9 heteroatoms. The molecule has 1 amide bonds. The molecule has 1 rings (SSSR count). The van der Waals surface area contributed by atoms with E-state index in [4.69, 9.17) is 9.47 Å². The molecule has 0 aromatic heterocycles. The van der Waals surface area contributed by atoms with Crippen LogP contribution in [-0.2, 0) is 14.3 Å². The van der Waals surface area contributed by atoms with Gasteiger partial charge in [-0.1, -0.05) is 281 Å². The zero-order valence-electron chi connectivity index (χ0n) is 47.6. The van der Waals surface area contributed by atoms with Gasteiger partial charge in [0.15, 0.2) is 6.29 Å². The van der Waals surface area contributed by atoms with Gasteiger partial charge in [-0.15, -0.1) is 0 Å². The molecule has 1 heterocycles. The minimum Gasteiger partial charge on any atom is -0.394 e. The molecule has 1 fully saturated rings. The monoisotopic (exact) mass is 1030 g/mol. The highest BCUT2D eigenvalue weighted by atomic mass is 16.7. The van der Waals surface area contributed by atoms with E-state index in [1.165, 1.54) is 212 Å². The average molecular weight is 1030 g/mol. The van der Waals surface area contributed by atoms with Crippen molar-refractivity contribution >= 4 is 5.91 Å². The van der Waals surface area contributed by atoms with E-state index in [1.807, 2.05) is 6.08 Å². The zero-order valence-corrected chi connectivity index (χ0v) is 47.6. The van der Waals surface area contributed by atoms with Crippen LogP contribution in [0.3, 0.4) is 0 Å². The SMILES string of the molecule is CCCCCCC/C=C\C/C=C\C/C=C\CCCCCCCCC(=O)NC(COC1OC(CO)C(O)C(O)C1O)C(O)/C=C/CCCCCCCCCCCCCCCCCCCCCCCCCCCCC. The maximum absolute atomic E-state index is 13.1. The number of unbranched alkanes of at least 4 members (excludes halogenated alkanes) is 38. The second kappa shape index (κ2) is 53.5. The van der Waals surface area contributed by atoms with Crippen LogP contribution in [0.4, 0.5) is 0 Å². The number of hydrogen-bond donors (Lipinski definition) is 6. The largest absolute Gasteiger partial charge is 0.394 e. The first-order valence-electron chi connectivity index (χ1n) is 31.4. The Morgan fingerprint density at radius 3 is 1.19 bits per heavy atom. The molecule has 9 nitrogen and oxygen atoms in total. The summed E-state index contributed by atoms with van der Waals surface area (Å²) in [5, 5.41) is 54.6. The van der Waals surface area contributed by atoms with Crippen molar-refractivity contribution in [2.75, 3.05) is 13.2 Å². The summed E-state index contributed by atoms with van der Waals surface area (Å²) < 4.78 is 11.3. The Morgan fingerprint density at radius 1 is 0.466 bits per heavy atom. The van der Waals surface area contributed by atoms with Gasteiger partial charge < -0.3 is 40.3 Å². The minimum absolute atomic E-state index is 0.187. The lowest BCUT2D eigenvalue weighted by Gasteiger charge is -2.40. The van der Waals surface area contributed by atoms with Crippen molar-refractivity contribution in [3.05, 3.63) is 48.6 Å². The molecule has 0 bridgehead atoms. The summed E-state index contributed by atoms with van der Waals surface area (Å²) >= 11 is 0. The molecule has 7 unspecified atom stereocenters. The Balaban J connectivity index is 2.19. The third-order valence-corrected chi connectivity index (χ3v) is 14.9. The fraction of sp³-hybridized carbons (Fsp3) is 0.859. The molecule has 1 aliphatic heterocycles. The van der Waals surface area contributed by atoms with Crippen LogP contribution in [0.5, 0.6) is 0 Å². The van der Waals surface area contributed by atoms with Gasteiger partial charge in [0.1, 0.15) is 24.4 Å². The third kappa shape index (κ3) is 42.9. The first kappa shape index (κ1) is 69.2. The first-order chi connectivity index (χ1) is 35.8. The first-order valence-corrected chi connectivity index (χ1v) is 31.4. The maximum atomic E-state index is 13.1. The number of rotatable bonds is 54. The number of carbonyl (C=O) groups excluding carboxylic acids is 1. The van der Waals surface area contributed by atoms with E-state index >= 15 is 0 Å². The third-order valence-electron chi connectivity index (χ3n) is 14.9. The van der Waals surface area contributed by atoms with Crippen LogP contribution in [0.25, 0.3) is 0 Å².